The Bertz CT molecular complexity index is 1080. The summed E-state index contributed by atoms with van der Waals surface area (Å²) in [5.74, 6) is 0.807. The number of benzene rings is 1. The SMILES string of the molecule is Cc1c(OCCCC2COC3(CCC3)O2)ccnc1CS(=O)c1nc2ccccc2[nH]1.[H-].[Na+]. The number of hydrogen-bond donors (Lipinski definition) is 1. The predicted octanol–water partition coefficient (Wildman–Crippen LogP) is 1.15. The molecule has 2 atom stereocenters. The molecule has 1 saturated heterocycles. The van der Waals surface area contributed by atoms with Crippen LogP contribution in [0.15, 0.2) is 41.7 Å². The molecule has 0 bridgehead atoms. The second kappa shape index (κ2) is 10.3. The molecule has 1 aliphatic heterocycles. The number of aromatic amines is 1. The van der Waals surface area contributed by atoms with Crippen LogP contribution in [0, 0.1) is 6.92 Å². The van der Waals surface area contributed by atoms with Gasteiger partial charge < -0.3 is 20.6 Å². The summed E-state index contributed by atoms with van der Waals surface area (Å²) in [5, 5.41) is 0.469. The van der Waals surface area contributed by atoms with E-state index in [0.29, 0.717) is 18.4 Å². The minimum atomic E-state index is -1.31. The maximum atomic E-state index is 12.8. The first-order chi connectivity index (χ1) is 15.1. The summed E-state index contributed by atoms with van der Waals surface area (Å²) in [6, 6.07) is 9.53. The monoisotopic (exact) mass is 465 g/mol. The predicted molar refractivity (Wildman–Crippen MR) is 118 cm³/mol. The average molecular weight is 466 g/mol. The maximum Gasteiger partial charge on any atom is 1.00 e. The minimum Gasteiger partial charge on any atom is -1.00 e. The summed E-state index contributed by atoms with van der Waals surface area (Å²) in [6.45, 7) is 3.25. The number of rotatable bonds is 8. The van der Waals surface area contributed by atoms with Gasteiger partial charge in [0.25, 0.3) is 0 Å². The Kier molecular flexibility index (Phi) is 7.69. The molecule has 2 fully saturated rings. The van der Waals surface area contributed by atoms with Crippen molar-refractivity contribution in [3.63, 3.8) is 0 Å². The summed E-state index contributed by atoms with van der Waals surface area (Å²) in [7, 11) is -1.31. The van der Waals surface area contributed by atoms with Crippen LogP contribution < -0.4 is 34.3 Å². The Morgan fingerprint density at radius 1 is 1.31 bits per heavy atom. The van der Waals surface area contributed by atoms with Crippen LogP contribution >= 0.6 is 0 Å². The van der Waals surface area contributed by atoms with E-state index in [0.717, 1.165) is 53.7 Å². The molecule has 5 rings (SSSR count). The second-order valence-electron chi connectivity index (χ2n) is 8.24. The Labute approximate surface area is 213 Å². The van der Waals surface area contributed by atoms with Gasteiger partial charge in [0, 0.05) is 24.6 Å². The van der Waals surface area contributed by atoms with Crippen molar-refractivity contribution in [2.24, 2.45) is 0 Å². The average Bonchev–Trinajstić information content (AvgIpc) is 3.38. The molecule has 3 heterocycles. The van der Waals surface area contributed by atoms with Crippen molar-refractivity contribution in [3.05, 3.63) is 47.8 Å². The van der Waals surface area contributed by atoms with Crippen LogP contribution in [0.2, 0.25) is 0 Å². The number of fused-ring (bicyclic) bond motifs is 1. The van der Waals surface area contributed by atoms with Gasteiger partial charge in [-0.1, -0.05) is 12.1 Å². The first kappa shape index (κ1) is 23.9. The Hall–Kier alpha value is -1.29. The molecule has 3 aromatic rings. The fraction of sp³-hybridized carbons (Fsp3) is 0.478. The second-order valence-corrected chi connectivity index (χ2v) is 9.60. The van der Waals surface area contributed by atoms with Crippen molar-refractivity contribution in [2.45, 2.75) is 61.8 Å². The topological polar surface area (TPSA) is 86.3 Å². The maximum absolute atomic E-state index is 12.8. The number of nitrogens with one attached hydrogen (secondary N) is 1. The van der Waals surface area contributed by atoms with E-state index in [-0.39, 0.29) is 48.6 Å². The van der Waals surface area contributed by atoms with Crippen LogP contribution in [-0.4, -0.2) is 44.3 Å². The fourth-order valence-electron chi connectivity index (χ4n) is 4.07. The fourth-order valence-corrected chi connectivity index (χ4v) is 5.17. The molecule has 32 heavy (non-hydrogen) atoms. The quantitative estimate of drug-likeness (QED) is 0.397. The zero-order valence-corrected chi connectivity index (χ0v) is 21.5. The molecule has 0 radical (unpaired) electrons. The summed E-state index contributed by atoms with van der Waals surface area (Å²) >= 11 is 0. The number of ether oxygens (including phenoxy) is 3. The number of aromatic nitrogens is 3. The molecule has 0 amide bonds. The van der Waals surface area contributed by atoms with Crippen LogP contribution in [0.1, 0.15) is 44.8 Å². The Morgan fingerprint density at radius 3 is 2.91 bits per heavy atom. The number of nitrogens with zero attached hydrogens (tertiary/aromatic N) is 2. The van der Waals surface area contributed by atoms with E-state index in [1.807, 2.05) is 37.3 Å². The van der Waals surface area contributed by atoms with E-state index in [1.54, 1.807) is 6.20 Å². The number of pyridine rings is 1. The molecule has 1 aromatic carbocycles. The van der Waals surface area contributed by atoms with E-state index in [9.17, 15) is 4.21 Å². The molecule has 1 N–H and O–H groups in total. The van der Waals surface area contributed by atoms with E-state index in [2.05, 4.69) is 15.0 Å². The summed E-state index contributed by atoms with van der Waals surface area (Å²) in [5.41, 5.74) is 3.37. The molecule has 1 spiro atoms. The third kappa shape index (κ3) is 5.11. The first-order valence-electron chi connectivity index (χ1n) is 10.8. The van der Waals surface area contributed by atoms with E-state index < -0.39 is 10.8 Å². The van der Waals surface area contributed by atoms with Gasteiger partial charge in [-0.15, -0.1) is 0 Å². The summed E-state index contributed by atoms with van der Waals surface area (Å²) < 4.78 is 30.7. The van der Waals surface area contributed by atoms with Crippen molar-refractivity contribution in [2.75, 3.05) is 13.2 Å². The molecule has 166 valence electrons. The van der Waals surface area contributed by atoms with Crippen LogP contribution in [0.5, 0.6) is 5.75 Å². The molecule has 9 heteroatoms. The van der Waals surface area contributed by atoms with Gasteiger partial charge in [-0.25, -0.2) is 4.98 Å². The molecular formula is C23H28N3NaO4S. The minimum absolute atomic E-state index is 0. The van der Waals surface area contributed by atoms with E-state index in [1.165, 1.54) is 6.42 Å². The molecule has 7 nitrogen and oxygen atoms in total. The Morgan fingerprint density at radius 2 is 2.16 bits per heavy atom. The van der Waals surface area contributed by atoms with Gasteiger partial charge in [0.1, 0.15) is 5.75 Å². The summed E-state index contributed by atoms with van der Waals surface area (Å²) in [6.07, 6.45) is 6.94. The van der Waals surface area contributed by atoms with Crippen molar-refractivity contribution >= 4 is 21.8 Å². The van der Waals surface area contributed by atoms with Gasteiger partial charge in [-0.05, 0) is 44.4 Å². The zero-order valence-electron chi connectivity index (χ0n) is 19.6. The standard InChI is InChI=1S/C23H27N3O4S.Na.H/c1-16-20(15-31(27)22-25-18-7-2-3-8-19(18)26-22)24-12-9-21(16)28-13-4-6-17-14-29-23(30-17)10-5-11-23;;/h2-3,7-9,12,17H,4-6,10-11,13-15H2,1H3,(H,25,26);;/q;+1;-1. The van der Waals surface area contributed by atoms with Gasteiger partial charge in [0.2, 0.25) is 0 Å². The van der Waals surface area contributed by atoms with Gasteiger partial charge in [-0.2, -0.15) is 0 Å². The molecule has 2 unspecified atom stereocenters. The number of hydrogen-bond acceptors (Lipinski definition) is 6. The molecule has 1 saturated carbocycles. The largest absolute Gasteiger partial charge is 1.00 e. The van der Waals surface area contributed by atoms with Crippen molar-refractivity contribution in [1.29, 1.82) is 0 Å². The van der Waals surface area contributed by atoms with Crippen LogP contribution in [0.3, 0.4) is 0 Å². The van der Waals surface area contributed by atoms with Crippen LogP contribution in [-0.2, 0) is 26.0 Å². The normalized spacial score (nSPS) is 20.1. The Balaban J connectivity index is 0.00000153. The zero-order chi connectivity index (χ0) is 21.3. The van der Waals surface area contributed by atoms with E-state index in [4.69, 9.17) is 14.2 Å². The van der Waals surface area contributed by atoms with Gasteiger partial charge >= 0.3 is 29.6 Å². The van der Waals surface area contributed by atoms with Gasteiger partial charge in [-0.3, -0.25) is 9.19 Å². The molecular weight excluding hydrogens is 437 g/mol. The summed E-state index contributed by atoms with van der Waals surface area (Å²) in [4.78, 5) is 12.0. The van der Waals surface area contributed by atoms with Gasteiger partial charge in [0.05, 0.1) is 52.6 Å². The number of H-pyrrole nitrogens is 1. The molecule has 1 aliphatic carbocycles. The van der Waals surface area contributed by atoms with E-state index >= 15 is 0 Å². The molecule has 2 aliphatic rings. The smallest absolute Gasteiger partial charge is 1.00 e. The van der Waals surface area contributed by atoms with Gasteiger partial charge in [0.15, 0.2) is 10.9 Å². The van der Waals surface area contributed by atoms with Crippen molar-refractivity contribution in [1.82, 2.24) is 15.0 Å². The number of imidazole rings is 1. The van der Waals surface area contributed by atoms with Crippen LogP contribution in [0.25, 0.3) is 11.0 Å². The van der Waals surface area contributed by atoms with Crippen molar-refractivity contribution in [3.8, 4) is 5.75 Å². The van der Waals surface area contributed by atoms with Crippen molar-refractivity contribution < 1.29 is 49.4 Å². The third-order valence-corrected chi connectivity index (χ3v) is 7.23. The number of para-hydroxylation sites is 2. The molecule has 2 aromatic heterocycles. The van der Waals surface area contributed by atoms with Crippen LogP contribution in [0.4, 0.5) is 0 Å². The third-order valence-electron chi connectivity index (χ3n) is 6.07. The first-order valence-corrected chi connectivity index (χ1v) is 12.2.